The summed E-state index contributed by atoms with van der Waals surface area (Å²) in [4.78, 5) is 58.3. The number of aryl methyl sites for hydroxylation is 2. The number of ether oxygens (including phenoxy) is 1. The molecule has 0 unspecified atom stereocenters. The van der Waals surface area contributed by atoms with E-state index in [0.29, 0.717) is 39.3 Å². The van der Waals surface area contributed by atoms with Crippen LogP contribution in [0.3, 0.4) is 0 Å². The predicted octanol–water partition coefficient (Wildman–Crippen LogP) is 4.67. The second kappa shape index (κ2) is 14.3. The zero-order valence-corrected chi connectivity index (χ0v) is 26.0. The monoisotopic (exact) mass is 636 g/mol. The Balaban J connectivity index is 1.15. The SMILES string of the molecule is Cn1cc(CC(=O)c2cc(CC(=O)c3cnc(CC(=O)c4ccc(F)cc4F)s3)cn2C)cc1C(=O)CCCN1CCOCC1. The Morgan fingerprint density at radius 2 is 1.49 bits per heavy atom. The third-order valence-corrected chi connectivity index (χ3v) is 8.82. The second-order valence-corrected chi connectivity index (χ2v) is 12.3. The molecule has 0 bridgehead atoms. The molecule has 0 atom stereocenters. The van der Waals surface area contributed by atoms with Gasteiger partial charge in [-0.15, -0.1) is 11.3 Å². The van der Waals surface area contributed by atoms with E-state index in [2.05, 4.69) is 9.88 Å². The number of benzene rings is 1. The number of aromatic nitrogens is 3. The molecular formula is C33H34F2N4O5S. The van der Waals surface area contributed by atoms with Gasteiger partial charge < -0.3 is 13.9 Å². The van der Waals surface area contributed by atoms with Gasteiger partial charge in [0, 0.05) is 71.1 Å². The molecule has 5 rings (SSSR count). The quantitative estimate of drug-likeness (QED) is 0.185. The lowest BCUT2D eigenvalue weighted by molar-refractivity contribution is 0.0371. The van der Waals surface area contributed by atoms with Crippen molar-refractivity contribution in [3.63, 3.8) is 0 Å². The minimum Gasteiger partial charge on any atom is -0.379 e. The largest absolute Gasteiger partial charge is 0.379 e. The highest BCUT2D eigenvalue weighted by Gasteiger charge is 2.21. The molecule has 12 heteroatoms. The number of hydrogen-bond donors (Lipinski definition) is 0. The Morgan fingerprint density at radius 3 is 2.16 bits per heavy atom. The molecule has 1 aliphatic rings. The number of nitrogens with zero attached hydrogens (tertiary/aromatic N) is 4. The first-order valence-electron chi connectivity index (χ1n) is 14.7. The van der Waals surface area contributed by atoms with Crippen molar-refractivity contribution >= 4 is 34.5 Å². The highest BCUT2D eigenvalue weighted by molar-refractivity contribution is 7.13. The topological polar surface area (TPSA) is 104 Å². The van der Waals surface area contributed by atoms with E-state index >= 15 is 0 Å². The van der Waals surface area contributed by atoms with Crippen LogP contribution >= 0.6 is 11.3 Å². The minimum absolute atomic E-state index is 0.0255. The molecule has 236 valence electrons. The van der Waals surface area contributed by atoms with Crippen LogP contribution in [0.4, 0.5) is 8.78 Å². The fourth-order valence-electron chi connectivity index (χ4n) is 5.45. The Kier molecular flexibility index (Phi) is 10.3. The maximum atomic E-state index is 14.0. The lowest BCUT2D eigenvalue weighted by Gasteiger charge is -2.26. The number of carbonyl (C=O) groups excluding carboxylic acids is 4. The molecule has 0 aliphatic carbocycles. The van der Waals surface area contributed by atoms with Crippen molar-refractivity contribution in [3.8, 4) is 0 Å². The van der Waals surface area contributed by atoms with Crippen LogP contribution in [-0.2, 0) is 38.1 Å². The number of morpholine rings is 1. The van der Waals surface area contributed by atoms with Gasteiger partial charge in [0.05, 0.1) is 41.5 Å². The van der Waals surface area contributed by atoms with Crippen LogP contribution in [-0.4, -0.2) is 75.0 Å². The fourth-order valence-corrected chi connectivity index (χ4v) is 6.30. The number of hydrogen-bond acceptors (Lipinski definition) is 8. The lowest BCUT2D eigenvalue weighted by Crippen LogP contribution is -2.36. The molecule has 45 heavy (non-hydrogen) atoms. The van der Waals surface area contributed by atoms with Crippen molar-refractivity contribution in [1.29, 1.82) is 0 Å². The molecule has 0 amide bonds. The zero-order valence-electron chi connectivity index (χ0n) is 25.2. The normalized spacial score (nSPS) is 13.7. The van der Waals surface area contributed by atoms with Crippen LogP contribution in [0.25, 0.3) is 0 Å². The van der Waals surface area contributed by atoms with Gasteiger partial charge in [0.25, 0.3) is 0 Å². The van der Waals surface area contributed by atoms with Crippen LogP contribution in [0.1, 0.15) is 70.0 Å². The lowest BCUT2D eigenvalue weighted by atomic mass is 10.1. The molecule has 1 saturated heterocycles. The second-order valence-electron chi connectivity index (χ2n) is 11.2. The Hall–Kier alpha value is -4.13. The highest BCUT2D eigenvalue weighted by Crippen LogP contribution is 2.21. The molecule has 0 N–H and O–H groups in total. The summed E-state index contributed by atoms with van der Waals surface area (Å²) < 4.78 is 35.9. The van der Waals surface area contributed by atoms with Crippen LogP contribution < -0.4 is 0 Å². The summed E-state index contributed by atoms with van der Waals surface area (Å²) in [6.45, 7) is 4.08. The summed E-state index contributed by atoms with van der Waals surface area (Å²) in [5.74, 6) is -2.61. The van der Waals surface area contributed by atoms with Gasteiger partial charge in [0.1, 0.15) is 16.6 Å². The van der Waals surface area contributed by atoms with Crippen LogP contribution in [0.15, 0.2) is 48.9 Å². The first kappa shape index (κ1) is 32.3. The fraction of sp³-hybridized carbons (Fsp3) is 0.364. The van der Waals surface area contributed by atoms with Gasteiger partial charge in [-0.2, -0.15) is 0 Å². The van der Waals surface area contributed by atoms with Crippen molar-refractivity contribution in [1.82, 2.24) is 19.0 Å². The average Bonchev–Trinajstić information content (AvgIpc) is 3.71. The third-order valence-electron chi connectivity index (χ3n) is 7.78. The number of ketones is 4. The molecule has 3 aromatic heterocycles. The maximum Gasteiger partial charge on any atom is 0.183 e. The summed E-state index contributed by atoms with van der Waals surface area (Å²) in [7, 11) is 3.54. The molecule has 9 nitrogen and oxygen atoms in total. The summed E-state index contributed by atoms with van der Waals surface area (Å²) in [5.41, 5.74) is 2.17. The summed E-state index contributed by atoms with van der Waals surface area (Å²) >= 11 is 1.04. The number of thiazole rings is 1. The molecule has 4 heterocycles. The first-order valence-corrected chi connectivity index (χ1v) is 15.5. The van der Waals surface area contributed by atoms with E-state index in [0.717, 1.165) is 68.3 Å². The van der Waals surface area contributed by atoms with Crippen molar-refractivity contribution in [2.75, 3.05) is 32.8 Å². The number of halogens is 2. The van der Waals surface area contributed by atoms with Gasteiger partial charge in [0.15, 0.2) is 23.1 Å². The molecule has 0 radical (unpaired) electrons. The predicted molar refractivity (Wildman–Crippen MR) is 164 cm³/mol. The molecule has 1 aliphatic heterocycles. The van der Waals surface area contributed by atoms with Gasteiger partial charge in [-0.3, -0.25) is 24.1 Å². The molecule has 0 spiro atoms. The van der Waals surface area contributed by atoms with E-state index in [-0.39, 0.29) is 42.2 Å². The summed E-state index contributed by atoms with van der Waals surface area (Å²) in [6, 6.07) is 6.21. The van der Waals surface area contributed by atoms with Crippen molar-refractivity contribution in [3.05, 3.63) is 98.5 Å². The number of rotatable bonds is 14. The first-order chi connectivity index (χ1) is 21.6. The van der Waals surface area contributed by atoms with E-state index in [1.54, 1.807) is 47.8 Å². The minimum atomic E-state index is -0.946. The van der Waals surface area contributed by atoms with E-state index in [1.807, 2.05) is 0 Å². The van der Waals surface area contributed by atoms with Crippen molar-refractivity contribution in [2.45, 2.75) is 32.1 Å². The van der Waals surface area contributed by atoms with Crippen LogP contribution in [0, 0.1) is 11.6 Å². The molecule has 0 saturated carbocycles. The molecular weight excluding hydrogens is 602 g/mol. The van der Waals surface area contributed by atoms with Gasteiger partial charge >= 0.3 is 0 Å². The van der Waals surface area contributed by atoms with Gasteiger partial charge in [-0.25, -0.2) is 13.8 Å². The highest BCUT2D eigenvalue weighted by atomic mass is 32.1. The number of carbonyl (C=O) groups is 4. The van der Waals surface area contributed by atoms with E-state index < -0.39 is 17.4 Å². The van der Waals surface area contributed by atoms with Crippen molar-refractivity contribution in [2.24, 2.45) is 14.1 Å². The smallest absolute Gasteiger partial charge is 0.183 e. The van der Waals surface area contributed by atoms with E-state index in [4.69, 9.17) is 4.74 Å². The maximum absolute atomic E-state index is 14.0. The van der Waals surface area contributed by atoms with Gasteiger partial charge in [0.2, 0.25) is 0 Å². The molecule has 1 aromatic carbocycles. The van der Waals surface area contributed by atoms with Crippen LogP contribution in [0.5, 0.6) is 0 Å². The van der Waals surface area contributed by atoms with Crippen molar-refractivity contribution < 1.29 is 32.7 Å². The average molecular weight is 637 g/mol. The standard InChI is InChI=1S/C33H34F2N4O5S/c1-37-19-21(12-26(37)28(40)4-3-7-39-8-10-44-11-9-39)14-30(42)27-13-22(20-38(27)2)15-31(43)32-18-36-33(45-32)17-29(41)24-6-5-23(34)16-25(24)35/h5-6,12-13,16,18-20H,3-4,7-11,14-15,17H2,1-2H3. The number of Topliss-reactive ketones (excluding diaryl/α,β-unsaturated/α-hetero) is 4. The van der Waals surface area contributed by atoms with Crippen LogP contribution in [0.2, 0.25) is 0 Å². The van der Waals surface area contributed by atoms with E-state index in [9.17, 15) is 28.0 Å². The third kappa shape index (κ3) is 8.13. The summed E-state index contributed by atoms with van der Waals surface area (Å²) in [6.07, 6.45) is 6.02. The van der Waals surface area contributed by atoms with Gasteiger partial charge in [-0.1, -0.05) is 0 Å². The van der Waals surface area contributed by atoms with Gasteiger partial charge in [-0.05, 0) is 48.4 Å². The Labute approximate surface area is 263 Å². The Bertz CT molecular complexity index is 1730. The van der Waals surface area contributed by atoms with E-state index in [1.165, 1.54) is 6.20 Å². The summed E-state index contributed by atoms with van der Waals surface area (Å²) in [5, 5.41) is 0.341. The molecule has 4 aromatic rings. The Morgan fingerprint density at radius 1 is 0.844 bits per heavy atom. The molecule has 1 fully saturated rings. The zero-order chi connectivity index (χ0) is 32.1.